The molecule has 3 rings (SSSR count). The maximum atomic E-state index is 5.27. The van der Waals surface area contributed by atoms with Crippen LogP contribution in [0.25, 0.3) is 0 Å². The second kappa shape index (κ2) is 2.14. The number of hydrogen-bond acceptors (Lipinski definition) is 3. The van der Waals surface area contributed by atoms with Crippen molar-refractivity contribution in [1.82, 2.24) is 5.32 Å². The Hall–Kier alpha value is -1.22. The van der Waals surface area contributed by atoms with E-state index in [9.17, 15) is 0 Å². The molecule has 1 aromatic rings. The lowest BCUT2D eigenvalue weighted by molar-refractivity contribution is 0.174. The van der Waals surface area contributed by atoms with E-state index in [0.29, 0.717) is 12.8 Å². The van der Waals surface area contributed by atoms with Crippen LogP contribution in [0.4, 0.5) is 0 Å². The van der Waals surface area contributed by atoms with Crippen molar-refractivity contribution in [1.29, 1.82) is 0 Å². The van der Waals surface area contributed by atoms with E-state index in [-0.39, 0.29) is 0 Å². The standard InChI is InChI=1S/C9H9NO2/c1-2-8-9(12-5-11-8)3-6(1)7-4-10-7/h1-3,7,10H,4-5H2/t7-/m1/s1. The minimum Gasteiger partial charge on any atom is -0.454 e. The third-order valence-electron chi connectivity index (χ3n) is 2.21. The summed E-state index contributed by atoms with van der Waals surface area (Å²) in [5, 5.41) is 3.25. The predicted molar refractivity (Wildman–Crippen MR) is 43.3 cm³/mol. The van der Waals surface area contributed by atoms with Crippen LogP contribution >= 0.6 is 0 Å². The van der Waals surface area contributed by atoms with Crippen LogP contribution in [-0.4, -0.2) is 13.3 Å². The average molecular weight is 163 g/mol. The van der Waals surface area contributed by atoms with Gasteiger partial charge in [-0.3, -0.25) is 0 Å². The summed E-state index contributed by atoms with van der Waals surface area (Å²) >= 11 is 0. The number of fused-ring (bicyclic) bond motifs is 1. The van der Waals surface area contributed by atoms with Crippen molar-refractivity contribution in [3.8, 4) is 11.5 Å². The molecule has 2 aliphatic rings. The van der Waals surface area contributed by atoms with Gasteiger partial charge in [-0.15, -0.1) is 0 Å². The van der Waals surface area contributed by atoms with Gasteiger partial charge in [-0.1, -0.05) is 6.07 Å². The minimum atomic E-state index is 0.358. The number of rotatable bonds is 1. The summed E-state index contributed by atoms with van der Waals surface area (Å²) in [6.07, 6.45) is 0. The summed E-state index contributed by atoms with van der Waals surface area (Å²) in [6.45, 7) is 1.44. The van der Waals surface area contributed by atoms with E-state index < -0.39 is 0 Å². The summed E-state index contributed by atoms with van der Waals surface area (Å²) in [6, 6.07) is 6.64. The monoisotopic (exact) mass is 163 g/mol. The van der Waals surface area contributed by atoms with Crippen molar-refractivity contribution in [2.45, 2.75) is 6.04 Å². The molecule has 0 spiro atoms. The van der Waals surface area contributed by atoms with Crippen LogP contribution in [0.3, 0.4) is 0 Å². The Labute approximate surface area is 70.3 Å². The topological polar surface area (TPSA) is 40.4 Å². The zero-order chi connectivity index (χ0) is 7.97. The largest absolute Gasteiger partial charge is 0.454 e. The first-order valence-electron chi connectivity index (χ1n) is 4.06. The van der Waals surface area contributed by atoms with Crippen LogP contribution < -0.4 is 14.8 Å². The number of hydrogen-bond donors (Lipinski definition) is 1. The molecule has 1 fully saturated rings. The molecule has 1 saturated heterocycles. The van der Waals surface area contributed by atoms with Crippen molar-refractivity contribution >= 4 is 0 Å². The van der Waals surface area contributed by atoms with Crippen LogP contribution in [0.15, 0.2) is 18.2 Å². The lowest BCUT2D eigenvalue weighted by Crippen LogP contribution is -1.92. The first-order valence-corrected chi connectivity index (χ1v) is 4.06. The Morgan fingerprint density at radius 1 is 1.25 bits per heavy atom. The third kappa shape index (κ3) is 0.865. The van der Waals surface area contributed by atoms with Crippen LogP contribution in [0.1, 0.15) is 11.6 Å². The first kappa shape index (κ1) is 6.31. The molecule has 1 aromatic carbocycles. The lowest BCUT2D eigenvalue weighted by atomic mass is 10.1. The number of benzene rings is 1. The van der Waals surface area contributed by atoms with Gasteiger partial charge in [-0.2, -0.15) is 0 Å². The molecule has 12 heavy (non-hydrogen) atoms. The third-order valence-corrected chi connectivity index (χ3v) is 2.21. The minimum absolute atomic E-state index is 0.358. The molecule has 0 bridgehead atoms. The second-order valence-corrected chi connectivity index (χ2v) is 3.07. The predicted octanol–water partition coefficient (Wildman–Crippen LogP) is 1.06. The fourth-order valence-corrected chi connectivity index (χ4v) is 1.42. The summed E-state index contributed by atoms with van der Waals surface area (Å²) in [5.41, 5.74) is 1.29. The summed E-state index contributed by atoms with van der Waals surface area (Å²) < 4.78 is 10.5. The van der Waals surface area contributed by atoms with Crippen molar-refractivity contribution in [2.24, 2.45) is 0 Å². The lowest BCUT2D eigenvalue weighted by Gasteiger charge is -1.98. The van der Waals surface area contributed by atoms with Crippen molar-refractivity contribution < 1.29 is 9.47 Å². The van der Waals surface area contributed by atoms with Gasteiger partial charge in [0.2, 0.25) is 6.79 Å². The zero-order valence-electron chi connectivity index (χ0n) is 6.54. The summed E-state index contributed by atoms with van der Waals surface area (Å²) in [7, 11) is 0. The molecule has 0 amide bonds. The van der Waals surface area contributed by atoms with Gasteiger partial charge in [0.25, 0.3) is 0 Å². The second-order valence-electron chi connectivity index (χ2n) is 3.07. The van der Waals surface area contributed by atoms with Gasteiger partial charge in [0.1, 0.15) is 0 Å². The van der Waals surface area contributed by atoms with Gasteiger partial charge in [0, 0.05) is 12.6 Å². The van der Waals surface area contributed by atoms with E-state index in [4.69, 9.17) is 9.47 Å². The Morgan fingerprint density at radius 2 is 2.08 bits per heavy atom. The molecule has 1 N–H and O–H groups in total. The highest BCUT2D eigenvalue weighted by atomic mass is 16.7. The molecular formula is C9H9NO2. The smallest absolute Gasteiger partial charge is 0.231 e. The normalized spacial score (nSPS) is 24.2. The van der Waals surface area contributed by atoms with Gasteiger partial charge >= 0.3 is 0 Å². The van der Waals surface area contributed by atoms with E-state index in [1.165, 1.54) is 5.56 Å². The fraction of sp³-hybridized carbons (Fsp3) is 0.333. The van der Waals surface area contributed by atoms with Crippen LogP contribution in [0.5, 0.6) is 11.5 Å². The Morgan fingerprint density at radius 3 is 2.92 bits per heavy atom. The van der Waals surface area contributed by atoms with Gasteiger partial charge in [0.15, 0.2) is 11.5 Å². The zero-order valence-corrected chi connectivity index (χ0v) is 6.54. The van der Waals surface area contributed by atoms with Gasteiger partial charge in [-0.25, -0.2) is 0 Å². The molecule has 3 heteroatoms. The van der Waals surface area contributed by atoms with E-state index in [0.717, 1.165) is 18.0 Å². The van der Waals surface area contributed by atoms with E-state index >= 15 is 0 Å². The molecule has 2 aliphatic heterocycles. The molecule has 1 atom stereocenters. The van der Waals surface area contributed by atoms with Gasteiger partial charge in [0.05, 0.1) is 0 Å². The molecule has 0 saturated carbocycles. The quantitative estimate of drug-likeness (QED) is 0.629. The Bertz CT molecular complexity index is 320. The fourth-order valence-electron chi connectivity index (χ4n) is 1.42. The maximum absolute atomic E-state index is 5.27. The molecule has 0 aromatic heterocycles. The molecule has 0 aliphatic carbocycles. The van der Waals surface area contributed by atoms with Crippen molar-refractivity contribution in [2.75, 3.05) is 13.3 Å². The van der Waals surface area contributed by atoms with Gasteiger partial charge < -0.3 is 14.8 Å². The Kier molecular flexibility index (Phi) is 1.12. The highest BCUT2D eigenvalue weighted by Crippen LogP contribution is 2.35. The SMILES string of the molecule is c1cc2c(cc1[C@H]1CN1)OCO2. The van der Waals surface area contributed by atoms with Gasteiger partial charge in [-0.05, 0) is 17.7 Å². The highest BCUT2D eigenvalue weighted by molar-refractivity contribution is 5.46. The van der Waals surface area contributed by atoms with Crippen LogP contribution in [-0.2, 0) is 0 Å². The van der Waals surface area contributed by atoms with E-state index in [1.54, 1.807) is 0 Å². The average Bonchev–Trinajstić information content (AvgIpc) is 2.84. The summed E-state index contributed by atoms with van der Waals surface area (Å²) in [5.74, 6) is 1.74. The van der Waals surface area contributed by atoms with E-state index in [2.05, 4.69) is 11.4 Å². The van der Waals surface area contributed by atoms with E-state index in [1.807, 2.05) is 12.1 Å². The summed E-state index contributed by atoms with van der Waals surface area (Å²) in [4.78, 5) is 0. The maximum Gasteiger partial charge on any atom is 0.231 e. The molecule has 3 nitrogen and oxygen atoms in total. The molecular weight excluding hydrogens is 154 g/mol. The first-order chi connectivity index (χ1) is 5.93. The highest BCUT2D eigenvalue weighted by Gasteiger charge is 2.24. The van der Waals surface area contributed by atoms with Crippen LogP contribution in [0, 0.1) is 0 Å². The van der Waals surface area contributed by atoms with Crippen molar-refractivity contribution in [3.05, 3.63) is 23.8 Å². The Balaban J connectivity index is 2.03. The molecule has 0 unspecified atom stereocenters. The van der Waals surface area contributed by atoms with Crippen molar-refractivity contribution in [3.63, 3.8) is 0 Å². The molecule has 62 valence electrons. The number of ether oxygens (including phenoxy) is 2. The molecule has 2 heterocycles. The molecule has 0 radical (unpaired) electrons. The van der Waals surface area contributed by atoms with Crippen LogP contribution in [0.2, 0.25) is 0 Å². The number of nitrogens with one attached hydrogen (secondary N) is 1.